The number of aryl methyl sites for hydroxylation is 1. The Hall–Kier alpha value is -0.910. The molecule has 1 aromatic rings. The van der Waals surface area contributed by atoms with Gasteiger partial charge in [0.1, 0.15) is 0 Å². The number of hydrogen-bond acceptors (Lipinski definition) is 4. The van der Waals surface area contributed by atoms with E-state index in [0.29, 0.717) is 11.5 Å². The molecule has 3 heterocycles. The summed E-state index contributed by atoms with van der Waals surface area (Å²) in [6.07, 6.45) is 1.27. The third kappa shape index (κ3) is 2.42. The Morgan fingerprint density at radius 2 is 2.32 bits per heavy atom. The zero-order valence-electron chi connectivity index (χ0n) is 12.1. The molecule has 0 unspecified atom stereocenters. The summed E-state index contributed by atoms with van der Waals surface area (Å²) in [4.78, 5) is 5.02. The molecule has 3 rings (SSSR count). The number of aromatic nitrogens is 2. The van der Waals surface area contributed by atoms with E-state index < -0.39 is 0 Å². The highest BCUT2D eigenvalue weighted by Crippen LogP contribution is 2.39. The van der Waals surface area contributed by atoms with E-state index in [2.05, 4.69) is 33.1 Å². The summed E-state index contributed by atoms with van der Waals surface area (Å²) in [5, 5.41) is 7.33. The van der Waals surface area contributed by atoms with Crippen LogP contribution < -0.4 is 0 Å². The van der Waals surface area contributed by atoms with E-state index >= 15 is 0 Å². The normalized spacial score (nSPS) is 27.0. The molecule has 0 bridgehead atoms. The van der Waals surface area contributed by atoms with Gasteiger partial charge < -0.3 is 4.74 Å². The van der Waals surface area contributed by atoms with E-state index in [1.165, 1.54) is 13.0 Å². The number of H-pyrrole nitrogens is 1. The van der Waals surface area contributed by atoms with E-state index in [9.17, 15) is 0 Å². The van der Waals surface area contributed by atoms with Gasteiger partial charge in [-0.15, -0.1) is 0 Å². The van der Waals surface area contributed by atoms with Gasteiger partial charge in [-0.1, -0.05) is 0 Å². The molecule has 5 nitrogen and oxygen atoms in total. The van der Waals surface area contributed by atoms with Crippen molar-refractivity contribution in [3.05, 3.63) is 17.5 Å². The Labute approximate surface area is 114 Å². The predicted molar refractivity (Wildman–Crippen MR) is 73.9 cm³/mol. The molecule has 2 saturated heterocycles. The second kappa shape index (κ2) is 4.89. The molecule has 0 radical (unpaired) electrons. The minimum Gasteiger partial charge on any atom is -0.384 e. The number of nitrogens with one attached hydrogen (secondary N) is 1. The molecule has 1 N–H and O–H groups in total. The molecule has 106 valence electrons. The van der Waals surface area contributed by atoms with E-state index in [-0.39, 0.29) is 0 Å². The number of rotatable bonds is 4. The molecular weight excluding hydrogens is 240 g/mol. The van der Waals surface area contributed by atoms with Crippen LogP contribution in [0.25, 0.3) is 0 Å². The van der Waals surface area contributed by atoms with Crippen molar-refractivity contribution in [1.29, 1.82) is 0 Å². The van der Waals surface area contributed by atoms with Crippen molar-refractivity contribution >= 4 is 0 Å². The summed E-state index contributed by atoms with van der Waals surface area (Å²) in [6.45, 7) is 7.40. The summed E-state index contributed by atoms with van der Waals surface area (Å²) in [7, 11) is 4.06. The molecule has 1 aromatic heterocycles. The number of aromatic amines is 1. The number of likely N-dealkylation sites (tertiary alicyclic amines) is 2. The van der Waals surface area contributed by atoms with E-state index in [1.807, 2.05) is 6.92 Å². The molecule has 2 aliphatic heterocycles. The Balaban J connectivity index is 1.54. The van der Waals surface area contributed by atoms with Crippen LogP contribution in [0.15, 0.2) is 6.07 Å². The molecular formula is C14H24N4O. The molecule has 19 heavy (non-hydrogen) atoms. The van der Waals surface area contributed by atoms with Crippen LogP contribution >= 0.6 is 0 Å². The van der Waals surface area contributed by atoms with Crippen molar-refractivity contribution in [2.24, 2.45) is 5.92 Å². The fourth-order valence-electron chi connectivity index (χ4n) is 3.74. The topological polar surface area (TPSA) is 44.4 Å². The number of methoxy groups -OCH3 is 1. The SMILES string of the molecule is COC[C@@H]1CN(C)C2(C1)CN(Cc1cc(C)[nH]n1)C2. The lowest BCUT2D eigenvalue weighted by Gasteiger charge is -2.52. The standard InChI is InChI=1S/C14H24N4O/c1-11-4-13(16-15-11)7-18-9-14(10-18)5-12(8-19-3)6-17(14)2/h4,12H,5-10H2,1-3H3,(H,15,16)/t12-/m0/s1. The summed E-state index contributed by atoms with van der Waals surface area (Å²) < 4.78 is 5.31. The van der Waals surface area contributed by atoms with Crippen LogP contribution in [0.4, 0.5) is 0 Å². The first-order chi connectivity index (χ1) is 9.11. The first-order valence-electron chi connectivity index (χ1n) is 7.05. The van der Waals surface area contributed by atoms with Gasteiger partial charge in [-0.3, -0.25) is 14.9 Å². The molecule has 0 amide bonds. The van der Waals surface area contributed by atoms with Crippen molar-refractivity contribution in [2.45, 2.75) is 25.4 Å². The zero-order valence-corrected chi connectivity index (χ0v) is 12.1. The maximum atomic E-state index is 5.31. The maximum absolute atomic E-state index is 5.31. The Morgan fingerprint density at radius 3 is 2.95 bits per heavy atom. The molecule has 0 aliphatic carbocycles. The highest BCUT2D eigenvalue weighted by atomic mass is 16.5. The molecule has 1 atom stereocenters. The molecule has 0 saturated carbocycles. The molecule has 2 aliphatic rings. The van der Waals surface area contributed by atoms with Crippen molar-refractivity contribution in [3.8, 4) is 0 Å². The van der Waals surface area contributed by atoms with Crippen molar-refractivity contribution in [2.75, 3.05) is 40.4 Å². The van der Waals surface area contributed by atoms with Gasteiger partial charge in [0.15, 0.2) is 0 Å². The summed E-state index contributed by atoms with van der Waals surface area (Å²) >= 11 is 0. The van der Waals surface area contributed by atoms with Crippen molar-refractivity contribution in [1.82, 2.24) is 20.0 Å². The van der Waals surface area contributed by atoms with Gasteiger partial charge in [0.2, 0.25) is 0 Å². The number of likely N-dealkylation sites (N-methyl/N-ethyl adjacent to an activating group) is 1. The minimum absolute atomic E-state index is 0.397. The Morgan fingerprint density at radius 1 is 1.53 bits per heavy atom. The lowest BCUT2D eigenvalue weighted by Crippen LogP contribution is -2.66. The van der Waals surface area contributed by atoms with Gasteiger partial charge in [-0.25, -0.2) is 0 Å². The number of hydrogen-bond donors (Lipinski definition) is 1. The molecule has 0 aromatic carbocycles. The van der Waals surface area contributed by atoms with E-state index in [1.54, 1.807) is 7.11 Å². The summed E-state index contributed by atoms with van der Waals surface area (Å²) in [6, 6.07) is 2.14. The smallest absolute Gasteiger partial charge is 0.0765 e. The number of nitrogens with zero attached hydrogens (tertiary/aromatic N) is 3. The van der Waals surface area contributed by atoms with Crippen molar-refractivity contribution in [3.63, 3.8) is 0 Å². The molecule has 2 fully saturated rings. The molecule has 1 spiro atoms. The summed E-state index contributed by atoms with van der Waals surface area (Å²) in [5.41, 5.74) is 2.69. The van der Waals surface area contributed by atoms with Gasteiger partial charge >= 0.3 is 0 Å². The van der Waals surface area contributed by atoms with E-state index in [4.69, 9.17) is 4.74 Å². The predicted octanol–water partition coefficient (Wildman–Crippen LogP) is 0.871. The monoisotopic (exact) mass is 264 g/mol. The van der Waals surface area contributed by atoms with Crippen LogP contribution in [0.2, 0.25) is 0 Å². The van der Waals surface area contributed by atoms with Crippen LogP contribution in [0.1, 0.15) is 17.8 Å². The van der Waals surface area contributed by atoms with E-state index in [0.717, 1.165) is 37.6 Å². The third-order valence-corrected chi connectivity index (χ3v) is 4.59. The number of ether oxygens (including phenoxy) is 1. The highest BCUT2D eigenvalue weighted by molar-refractivity contribution is 5.12. The van der Waals surface area contributed by atoms with Crippen molar-refractivity contribution < 1.29 is 4.74 Å². The van der Waals surface area contributed by atoms with Crippen LogP contribution in [-0.2, 0) is 11.3 Å². The maximum Gasteiger partial charge on any atom is 0.0765 e. The second-order valence-electron chi connectivity index (χ2n) is 6.32. The van der Waals surface area contributed by atoms with Gasteiger partial charge in [0.25, 0.3) is 0 Å². The largest absolute Gasteiger partial charge is 0.384 e. The zero-order chi connectivity index (χ0) is 13.5. The quantitative estimate of drug-likeness (QED) is 0.876. The highest BCUT2D eigenvalue weighted by Gasteiger charge is 2.51. The fraction of sp³-hybridized carbons (Fsp3) is 0.786. The lowest BCUT2D eigenvalue weighted by molar-refractivity contribution is -0.0230. The first kappa shape index (κ1) is 13.1. The summed E-state index contributed by atoms with van der Waals surface area (Å²) in [5.74, 6) is 0.699. The minimum atomic E-state index is 0.397. The van der Waals surface area contributed by atoms with Crippen LogP contribution in [-0.4, -0.2) is 65.9 Å². The first-order valence-corrected chi connectivity index (χ1v) is 7.05. The van der Waals surface area contributed by atoms with Crippen LogP contribution in [0, 0.1) is 12.8 Å². The Kier molecular flexibility index (Phi) is 3.37. The van der Waals surface area contributed by atoms with Gasteiger partial charge in [-0.05, 0) is 32.4 Å². The van der Waals surface area contributed by atoms with Gasteiger partial charge in [0.05, 0.1) is 12.3 Å². The van der Waals surface area contributed by atoms with Crippen LogP contribution in [0.5, 0.6) is 0 Å². The second-order valence-corrected chi connectivity index (χ2v) is 6.32. The van der Waals surface area contributed by atoms with Gasteiger partial charge in [-0.2, -0.15) is 5.10 Å². The third-order valence-electron chi connectivity index (χ3n) is 4.59. The van der Waals surface area contributed by atoms with Gasteiger partial charge in [0, 0.05) is 44.5 Å². The lowest BCUT2D eigenvalue weighted by atomic mass is 9.84. The molecule has 5 heteroatoms. The average Bonchev–Trinajstić information content (AvgIpc) is 2.84. The average molecular weight is 264 g/mol. The van der Waals surface area contributed by atoms with Crippen LogP contribution in [0.3, 0.4) is 0 Å². The Bertz CT molecular complexity index is 438. The fourth-order valence-corrected chi connectivity index (χ4v) is 3.74.